The SMILES string of the molecule is CC(C)(C)c1ccc2c(c1)-c1cc(C(C)(C)C)ccc1[CH]2[Zr]([C]1=CC=CC1)=[C](Cc1ccccc1)C(C)(C)c1ccccc1. The van der Waals surface area contributed by atoms with Crippen LogP contribution in [0.4, 0.5) is 0 Å². The molecule has 4 aromatic carbocycles. The van der Waals surface area contributed by atoms with Crippen LogP contribution in [0.2, 0.25) is 0 Å². The van der Waals surface area contributed by atoms with E-state index in [4.69, 9.17) is 0 Å². The van der Waals surface area contributed by atoms with E-state index in [1.54, 1.807) is 17.6 Å². The topological polar surface area (TPSA) is 0 Å². The Balaban J connectivity index is 1.68. The summed E-state index contributed by atoms with van der Waals surface area (Å²) >= 11 is -2.65. The zero-order valence-corrected chi connectivity index (χ0v) is 30.4. The number of hydrogen-bond donors (Lipinski definition) is 0. The van der Waals surface area contributed by atoms with Crippen LogP contribution in [0.1, 0.15) is 98.8 Å². The molecule has 0 spiro atoms. The number of rotatable bonds is 6. The molecule has 0 amide bonds. The average Bonchev–Trinajstić information content (AvgIpc) is 3.64. The Labute approximate surface area is 274 Å². The molecule has 0 aromatic heterocycles. The summed E-state index contributed by atoms with van der Waals surface area (Å²) in [6.45, 7) is 19.1. The summed E-state index contributed by atoms with van der Waals surface area (Å²) in [5, 5.41) is 0. The van der Waals surface area contributed by atoms with Crippen LogP contribution in [0, 0.1) is 0 Å². The zero-order chi connectivity index (χ0) is 31.3. The molecule has 0 saturated heterocycles. The first-order valence-corrected chi connectivity index (χ1v) is 20.2. The van der Waals surface area contributed by atoms with Gasteiger partial charge in [0.2, 0.25) is 0 Å². The van der Waals surface area contributed by atoms with Crippen molar-refractivity contribution < 1.29 is 21.3 Å². The Morgan fingerprint density at radius 1 is 0.636 bits per heavy atom. The van der Waals surface area contributed by atoms with Crippen molar-refractivity contribution in [1.82, 2.24) is 0 Å². The third-order valence-electron chi connectivity index (χ3n) is 9.96. The predicted molar refractivity (Wildman–Crippen MR) is 188 cm³/mol. The molecule has 0 bridgehead atoms. The standard InChI is InChI=1S/C21H25.C17H18.C5H5.Zr/c1-20(2,3)16-9-7-14-11-15-8-10-17(21(4,5)6)13-19(15)18(14)12-16;1-17(2,16-11-7-4-8-12-16)14-13-15-9-5-3-6-10-15;1-2-4-5-3-1;/h7-13H,1-6H3;3-12H,13H2,1-2H3;1-3H,4H2;. The molecule has 2 aliphatic carbocycles. The van der Waals surface area contributed by atoms with Crippen molar-refractivity contribution in [1.29, 1.82) is 0 Å². The fourth-order valence-corrected chi connectivity index (χ4v) is 17.2. The molecule has 0 saturated carbocycles. The van der Waals surface area contributed by atoms with Crippen LogP contribution in [-0.2, 0) is 43.9 Å². The predicted octanol–water partition coefficient (Wildman–Crippen LogP) is 11.2. The van der Waals surface area contributed by atoms with E-state index >= 15 is 0 Å². The first-order chi connectivity index (χ1) is 20.9. The van der Waals surface area contributed by atoms with Gasteiger partial charge in [-0.25, -0.2) is 0 Å². The van der Waals surface area contributed by atoms with Gasteiger partial charge in [-0.15, -0.1) is 0 Å². The fourth-order valence-electron chi connectivity index (χ4n) is 7.18. The summed E-state index contributed by atoms with van der Waals surface area (Å²) in [5.74, 6) is 0. The van der Waals surface area contributed by atoms with Crippen molar-refractivity contribution in [2.24, 2.45) is 0 Å². The molecular weight excluding hydrogens is 608 g/mol. The summed E-state index contributed by atoms with van der Waals surface area (Å²) in [6, 6.07) is 37.6. The minimum absolute atomic E-state index is 0.0467. The van der Waals surface area contributed by atoms with E-state index in [9.17, 15) is 0 Å². The van der Waals surface area contributed by atoms with Gasteiger partial charge in [0, 0.05) is 0 Å². The first-order valence-electron chi connectivity index (χ1n) is 16.3. The molecule has 44 heavy (non-hydrogen) atoms. The van der Waals surface area contributed by atoms with Crippen LogP contribution in [0.15, 0.2) is 119 Å². The van der Waals surface area contributed by atoms with Crippen molar-refractivity contribution in [3.8, 4) is 11.1 Å². The van der Waals surface area contributed by atoms with Crippen molar-refractivity contribution >= 4 is 3.21 Å². The van der Waals surface area contributed by atoms with Gasteiger partial charge < -0.3 is 0 Å². The summed E-state index contributed by atoms with van der Waals surface area (Å²) in [7, 11) is 0. The van der Waals surface area contributed by atoms with E-state index < -0.39 is 21.3 Å². The normalized spacial score (nSPS) is 15.6. The van der Waals surface area contributed by atoms with E-state index in [1.807, 2.05) is 0 Å². The van der Waals surface area contributed by atoms with E-state index in [1.165, 1.54) is 33.4 Å². The van der Waals surface area contributed by atoms with Crippen LogP contribution in [0.5, 0.6) is 0 Å². The number of hydrogen-bond acceptors (Lipinski definition) is 0. The molecule has 6 rings (SSSR count). The number of fused-ring (bicyclic) bond motifs is 3. The molecule has 0 nitrogen and oxygen atoms in total. The maximum absolute atomic E-state index is 2.65. The molecule has 0 radical (unpaired) electrons. The summed E-state index contributed by atoms with van der Waals surface area (Å²) in [5.41, 5.74) is 12.0. The van der Waals surface area contributed by atoms with Crippen molar-refractivity contribution in [2.75, 3.05) is 0 Å². The second-order valence-corrected chi connectivity index (χ2v) is 21.9. The molecule has 0 N–H and O–H groups in total. The molecule has 0 atom stereocenters. The van der Waals surface area contributed by atoms with Gasteiger partial charge in [0.05, 0.1) is 0 Å². The van der Waals surface area contributed by atoms with Crippen LogP contribution < -0.4 is 0 Å². The van der Waals surface area contributed by atoms with Gasteiger partial charge >= 0.3 is 276 Å². The molecule has 1 heteroatoms. The van der Waals surface area contributed by atoms with Crippen LogP contribution >= 0.6 is 0 Å². The van der Waals surface area contributed by atoms with Crippen LogP contribution in [-0.4, -0.2) is 3.21 Å². The van der Waals surface area contributed by atoms with Gasteiger partial charge in [0.15, 0.2) is 0 Å². The van der Waals surface area contributed by atoms with E-state index in [-0.39, 0.29) is 16.2 Å². The monoisotopic (exact) mass is 654 g/mol. The van der Waals surface area contributed by atoms with Gasteiger partial charge in [-0.05, 0) is 0 Å². The molecule has 224 valence electrons. The number of benzene rings is 4. The Morgan fingerprint density at radius 2 is 1.16 bits per heavy atom. The maximum atomic E-state index is 2.54. The second kappa shape index (κ2) is 11.8. The average molecular weight is 656 g/mol. The Morgan fingerprint density at radius 3 is 1.64 bits per heavy atom. The minimum atomic E-state index is -2.65. The van der Waals surface area contributed by atoms with Crippen molar-refractivity contribution in [3.63, 3.8) is 0 Å². The zero-order valence-electron chi connectivity index (χ0n) is 28.0. The molecule has 0 heterocycles. The fraction of sp³-hybridized carbons (Fsp3) is 0.326. The van der Waals surface area contributed by atoms with Gasteiger partial charge in [-0.3, -0.25) is 0 Å². The Hall–Kier alpha value is -2.89. The quantitative estimate of drug-likeness (QED) is 0.194. The van der Waals surface area contributed by atoms with Crippen molar-refractivity contribution in [2.45, 2.75) is 88.1 Å². The third kappa shape index (κ3) is 5.90. The molecule has 0 fully saturated rings. The summed E-state index contributed by atoms with van der Waals surface area (Å²) in [6.07, 6.45) is 9.36. The van der Waals surface area contributed by atoms with E-state index in [0.29, 0.717) is 3.63 Å². The van der Waals surface area contributed by atoms with E-state index in [2.05, 4.69) is 171 Å². The summed E-state index contributed by atoms with van der Waals surface area (Å²) in [4.78, 5) is 0. The van der Waals surface area contributed by atoms with Gasteiger partial charge in [-0.1, -0.05) is 0 Å². The van der Waals surface area contributed by atoms with Gasteiger partial charge in [0.25, 0.3) is 0 Å². The Kier molecular flexibility index (Phi) is 8.34. The van der Waals surface area contributed by atoms with E-state index in [0.717, 1.165) is 12.8 Å². The number of allylic oxidation sites excluding steroid dienone is 4. The summed E-state index contributed by atoms with van der Waals surface area (Å²) < 4.78 is 3.97. The van der Waals surface area contributed by atoms with Crippen LogP contribution in [0.3, 0.4) is 0 Å². The molecule has 4 aromatic rings. The molecule has 0 unspecified atom stereocenters. The second-order valence-electron chi connectivity index (χ2n) is 15.4. The first kappa shape index (κ1) is 31.1. The molecular formula is C43H48Zr. The van der Waals surface area contributed by atoms with Gasteiger partial charge in [0.1, 0.15) is 0 Å². The Bertz CT molecular complexity index is 1700. The molecule has 0 aliphatic heterocycles. The van der Waals surface area contributed by atoms with Crippen LogP contribution in [0.25, 0.3) is 11.1 Å². The molecule has 2 aliphatic rings. The van der Waals surface area contributed by atoms with Gasteiger partial charge in [-0.2, -0.15) is 0 Å². The van der Waals surface area contributed by atoms with Crippen molar-refractivity contribution in [3.05, 3.63) is 152 Å². The third-order valence-corrected chi connectivity index (χ3v) is 19.1.